The van der Waals surface area contributed by atoms with E-state index in [4.69, 9.17) is 9.63 Å². The lowest BCUT2D eigenvalue weighted by atomic mass is 9.99. The summed E-state index contributed by atoms with van der Waals surface area (Å²) in [6.07, 6.45) is 0.964. The van der Waals surface area contributed by atoms with Crippen LogP contribution in [0, 0.1) is 13.8 Å². The third-order valence-electron chi connectivity index (χ3n) is 4.52. The molecule has 2 aromatic rings. The predicted octanol–water partition coefficient (Wildman–Crippen LogP) is 3.17. The van der Waals surface area contributed by atoms with Gasteiger partial charge in [-0.15, -0.1) is 0 Å². The van der Waals surface area contributed by atoms with E-state index in [1.807, 2.05) is 51.1 Å². The molecule has 1 aromatic carbocycles. The molecule has 2 atom stereocenters. The standard InChI is InChI=1S/C20H27N3O4/c1-13(19-14(2)23-27-15(19)3)12-21-20(26)22-17(9-10-18(24)25)11-16-7-5-4-6-8-16/h4-8,13,17H,9-12H2,1-3H3,(H,24,25)(H2,21,22,26). The van der Waals surface area contributed by atoms with Crippen LogP contribution >= 0.6 is 0 Å². The first-order valence-corrected chi connectivity index (χ1v) is 9.09. The van der Waals surface area contributed by atoms with Crippen molar-refractivity contribution in [3.63, 3.8) is 0 Å². The number of rotatable bonds is 9. The van der Waals surface area contributed by atoms with Gasteiger partial charge in [0.05, 0.1) is 5.69 Å². The number of hydrogen-bond acceptors (Lipinski definition) is 4. The van der Waals surface area contributed by atoms with E-state index in [1.54, 1.807) is 0 Å². The molecular weight excluding hydrogens is 346 g/mol. The summed E-state index contributed by atoms with van der Waals surface area (Å²) >= 11 is 0. The quantitative estimate of drug-likeness (QED) is 0.626. The second-order valence-electron chi connectivity index (χ2n) is 6.81. The Bertz CT molecular complexity index is 738. The number of carboxylic acids is 1. The van der Waals surface area contributed by atoms with Gasteiger partial charge >= 0.3 is 12.0 Å². The lowest BCUT2D eigenvalue weighted by Crippen LogP contribution is -2.44. The van der Waals surface area contributed by atoms with Crippen LogP contribution in [-0.4, -0.2) is 34.9 Å². The highest BCUT2D eigenvalue weighted by molar-refractivity contribution is 5.74. The lowest BCUT2D eigenvalue weighted by molar-refractivity contribution is -0.137. The molecule has 0 aliphatic rings. The highest BCUT2D eigenvalue weighted by atomic mass is 16.5. The summed E-state index contributed by atoms with van der Waals surface area (Å²) in [5, 5.41) is 18.7. The van der Waals surface area contributed by atoms with Crippen LogP contribution in [0.4, 0.5) is 4.79 Å². The van der Waals surface area contributed by atoms with Crippen LogP contribution in [0.3, 0.4) is 0 Å². The van der Waals surface area contributed by atoms with Crippen molar-refractivity contribution in [2.45, 2.75) is 52.0 Å². The molecule has 0 saturated carbocycles. The second-order valence-corrected chi connectivity index (χ2v) is 6.81. The van der Waals surface area contributed by atoms with Crippen LogP contribution in [0.15, 0.2) is 34.9 Å². The summed E-state index contributed by atoms with van der Waals surface area (Å²) in [6, 6.07) is 9.15. The summed E-state index contributed by atoms with van der Waals surface area (Å²) in [6.45, 7) is 6.17. The van der Waals surface area contributed by atoms with E-state index in [0.29, 0.717) is 19.4 Å². The molecule has 0 bridgehead atoms. The van der Waals surface area contributed by atoms with Crippen molar-refractivity contribution in [3.8, 4) is 0 Å². The molecule has 27 heavy (non-hydrogen) atoms. The summed E-state index contributed by atoms with van der Waals surface area (Å²) in [4.78, 5) is 23.2. The predicted molar refractivity (Wildman–Crippen MR) is 102 cm³/mol. The van der Waals surface area contributed by atoms with Gasteiger partial charge in [-0.25, -0.2) is 4.79 Å². The minimum Gasteiger partial charge on any atom is -0.481 e. The molecule has 0 aliphatic carbocycles. The average molecular weight is 373 g/mol. The van der Waals surface area contributed by atoms with Gasteiger partial charge in [0.25, 0.3) is 0 Å². The SMILES string of the molecule is Cc1noc(C)c1C(C)CNC(=O)NC(CCC(=O)O)Cc1ccccc1. The summed E-state index contributed by atoms with van der Waals surface area (Å²) < 4.78 is 5.17. The van der Waals surface area contributed by atoms with Gasteiger partial charge in [0.2, 0.25) is 0 Å². The van der Waals surface area contributed by atoms with Crippen LogP contribution in [-0.2, 0) is 11.2 Å². The van der Waals surface area contributed by atoms with E-state index in [1.165, 1.54) is 0 Å². The smallest absolute Gasteiger partial charge is 0.315 e. The molecule has 1 aromatic heterocycles. The fraction of sp³-hybridized carbons (Fsp3) is 0.450. The first-order chi connectivity index (χ1) is 12.9. The maximum atomic E-state index is 12.3. The van der Waals surface area contributed by atoms with E-state index in [2.05, 4.69) is 15.8 Å². The maximum Gasteiger partial charge on any atom is 0.315 e. The van der Waals surface area contributed by atoms with E-state index in [9.17, 15) is 9.59 Å². The largest absolute Gasteiger partial charge is 0.481 e. The van der Waals surface area contributed by atoms with Gasteiger partial charge in [0.1, 0.15) is 5.76 Å². The first-order valence-electron chi connectivity index (χ1n) is 9.09. The van der Waals surface area contributed by atoms with Gasteiger partial charge in [0, 0.05) is 30.5 Å². The molecule has 2 unspecified atom stereocenters. The molecule has 0 saturated heterocycles. The highest BCUT2D eigenvalue weighted by Gasteiger charge is 2.19. The minimum atomic E-state index is -0.873. The number of urea groups is 1. The number of aromatic nitrogens is 1. The third-order valence-corrected chi connectivity index (χ3v) is 4.52. The Hall–Kier alpha value is -2.83. The Kier molecular flexibility index (Phi) is 7.40. The Balaban J connectivity index is 1.91. The molecule has 0 aliphatic heterocycles. The number of carbonyl (C=O) groups excluding carboxylic acids is 1. The van der Waals surface area contributed by atoms with Gasteiger partial charge in [-0.1, -0.05) is 42.4 Å². The van der Waals surface area contributed by atoms with Gasteiger partial charge in [-0.2, -0.15) is 0 Å². The molecule has 0 fully saturated rings. The van der Waals surface area contributed by atoms with Crippen LogP contribution in [0.5, 0.6) is 0 Å². The Morgan fingerprint density at radius 2 is 1.93 bits per heavy atom. The van der Waals surface area contributed by atoms with Crippen molar-refractivity contribution in [1.29, 1.82) is 0 Å². The van der Waals surface area contributed by atoms with E-state index in [-0.39, 0.29) is 24.4 Å². The number of aryl methyl sites for hydroxylation is 2. The zero-order valence-corrected chi connectivity index (χ0v) is 16.0. The molecule has 0 spiro atoms. The number of benzene rings is 1. The summed E-state index contributed by atoms with van der Waals surface area (Å²) in [5.41, 5.74) is 2.88. The number of carboxylic acid groups (broad SMARTS) is 1. The fourth-order valence-electron chi connectivity index (χ4n) is 3.20. The van der Waals surface area contributed by atoms with Crippen LogP contribution in [0.1, 0.15) is 48.3 Å². The lowest BCUT2D eigenvalue weighted by Gasteiger charge is -2.20. The zero-order chi connectivity index (χ0) is 19.8. The Labute approximate surface area is 159 Å². The van der Waals surface area contributed by atoms with Gasteiger partial charge < -0.3 is 20.3 Å². The molecule has 1 heterocycles. The van der Waals surface area contributed by atoms with Crippen molar-refractivity contribution in [3.05, 3.63) is 52.9 Å². The van der Waals surface area contributed by atoms with Crippen LogP contribution in [0.25, 0.3) is 0 Å². The summed E-state index contributed by atoms with van der Waals surface area (Å²) in [5.74, 6) is -0.0542. The highest BCUT2D eigenvalue weighted by Crippen LogP contribution is 2.22. The number of carbonyl (C=O) groups is 2. The van der Waals surface area contributed by atoms with Crippen LogP contribution < -0.4 is 10.6 Å². The van der Waals surface area contributed by atoms with Gasteiger partial charge in [0.15, 0.2) is 0 Å². The normalized spacial score (nSPS) is 13.0. The van der Waals surface area contributed by atoms with Crippen molar-refractivity contribution >= 4 is 12.0 Å². The van der Waals surface area contributed by atoms with Crippen LogP contribution in [0.2, 0.25) is 0 Å². The van der Waals surface area contributed by atoms with Gasteiger partial charge in [-0.3, -0.25) is 4.79 Å². The molecule has 3 N–H and O–H groups in total. The Morgan fingerprint density at radius 3 is 2.52 bits per heavy atom. The van der Waals surface area contributed by atoms with E-state index in [0.717, 1.165) is 22.6 Å². The summed E-state index contributed by atoms with van der Waals surface area (Å²) in [7, 11) is 0. The zero-order valence-electron chi connectivity index (χ0n) is 16.0. The van der Waals surface area contributed by atoms with E-state index < -0.39 is 5.97 Å². The molecule has 7 nitrogen and oxygen atoms in total. The second kappa shape index (κ2) is 9.75. The van der Waals surface area contributed by atoms with Crippen molar-refractivity contribution < 1.29 is 19.2 Å². The minimum absolute atomic E-state index is 0.00720. The molecule has 0 radical (unpaired) electrons. The maximum absolute atomic E-state index is 12.3. The molecule has 7 heteroatoms. The van der Waals surface area contributed by atoms with Crippen molar-refractivity contribution in [1.82, 2.24) is 15.8 Å². The van der Waals surface area contributed by atoms with Crippen molar-refractivity contribution in [2.75, 3.05) is 6.54 Å². The van der Waals surface area contributed by atoms with Gasteiger partial charge in [-0.05, 0) is 32.3 Å². The number of aliphatic carboxylic acids is 1. The number of nitrogens with one attached hydrogen (secondary N) is 2. The Morgan fingerprint density at radius 1 is 1.22 bits per heavy atom. The number of hydrogen-bond donors (Lipinski definition) is 3. The molecule has 2 amide bonds. The third kappa shape index (κ3) is 6.44. The number of amides is 2. The molecular formula is C20H27N3O4. The van der Waals surface area contributed by atoms with Crippen molar-refractivity contribution in [2.24, 2.45) is 0 Å². The first kappa shape index (κ1) is 20.5. The molecule has 2 rings (SSSR count). The number of nitrogens with zero attached hydrogens (tertiary/aromatic N) is 1. The molecule has 146 valence electrons. The fourth-order valence-corrected chi connectivity index (χ4v) is 3.20. The monoisotopic (exact) mass is 373 g/mol. The van der Waals surface area contributed by atoms with E-state index >= 15 is 0 Å². The average Bonchev–Trinajstić information content (AvgIpc) is 2.97. The topological polar surface area (TPSA) is 104 Å².